The van der Waals surface area contributed by atoms with Gasteiger partial charge in [0.25, 0.3) is 0 Å². The van der Waals surface area contributed by atoms with Crippen LogP contribution in [0.4, 0.5) is 0 Å². The summed E-state index contributed by atoms with van der Waals surface area (Å²) in [5, 5.41) is 0. The van der Waals surface area contributed by atoms with Crippen molar-refractivity contribution in [3.8, 4) is 0 Å². The molecule has 0 N–H and O–H groups in total. The minimum absolute atomic E-state index is 0.823. The third kappa shape index (κ3) is 10.5. The summed E-state index contributed by atoms with van der Waals surface area (Å²) in [7, 11) is 2.07. The van der Waals surface area contributed by atoms with Crippen molar-refractivity contribution in [2.24, 2.45) is 18.9 Å². The van der Waals surface area contributed by atoms with Gasteiger partial charge in [0.05, 0.1) is 19.3 Å². The molecule has 178 valence electrons. The summed E-state index contributed by atoms with van der Waals surface area (Å²) < 4.78 is 7.33. The van der Waals surface area contributed by atoms with Crippen molar-refractivity contribution in [1.82, 2.24) is 24.3 Å². The second-order valence-electron chi connectivity index (χ2n) is 8.35. The second kappa shape index (κ2) is 16.0. The second-order valence-corrected chi connectivity index (χ2v) is 8.35. The van der Waals surface area contributed by atoms with Crippen LogP contribution in [0.15, 0.2) is 29.3 Å². The van der Waals surface area contributed by atoms with E-state index < -0.39 is 0 Å². The molecule has 0 aromatic carbocycles. The number of rotatable bonds is 4. The average molecular weight is 434 g/mol. The summed E-state index contributed by atoms with van der Waals surface area (Å²) in [5.74, 6) is 3.70. The first kappa shape index (κ1) is 27.4. The van der Waals surface area contributed by atoms with Gasteiger partial charge in [0.15, 0.2) is 0 Å². The Bertz CT molecular complexity index is 655. The molecule has 6 heteroatoms. The minimum atomic E-state index is 0.823. The van der Waals surface area contributed by atoms with Crippen LogP contribution in [0.1, 0.15) is 78.9 Å². The highest BCUT2D eigenvalue weighted by atomic mass is 16.3. The third-order valence-corrected chi connectivity index (χ3v) is 5.61. The molecule has 2 aromatic rings. The maximum Gasteiger partial charge on any atom is 0.208 e. The van der Waals surface area contributed by atoms with E-state index in [1.165, 1.54) is 57.7 Å². The fraction of sp³-hybridized carbons (Fsp3) is 0.760. The summed E-state index contributed by atoms with van der Waals surface area (Å²) in [6.45, 7) is 19.4. The molecule has 2 aromatic heterocycles. The van der Waals surface area contributed by atoms with E-state index in [4.69, 9.17) is 4.42 Å². The summed E-state index contributed by atoms with van der Waals surface area (Å²) >= 11 is 0. The van der Waals surface area contributed by atoms with E-state index in [1.807, 2.05) is 40.1 Å². The lowest BCUT2D eigenvalue weighted by molar-refractivity contribution is 0.162. The Morgan fingerprint density at radius 2 is 1.45 bits per heavy atom. The summed E-state index contributed by atoms with van der Waals surface area (Å²) in [4.78, 5) is 13.4. The molecule has 2 aliphatic heterocycles. The van der Waals surface area contributed by atoms with Crippen molar-refractivity contribution >= 4 is 0 Å². The van der Waals surface area contributed by atoms with Crippen molar-refractivity contribution in [3.05, 3.63) is 36.6 Å². The zero-order valence-corrected chi connectivity index (χ0v) is 21.2. The number of piperidine rings is 2. The normalized spacial score (nSPS) is 21.6. The van der Waals surface area contributed by atoms with E-state index in [2.05, 4.69) is 45.2 Å². The van der Waals surface area contributed by atoms with Crippen molar-refractivity contribution in [1.29, 1.82) is 0 Å². The number of hydrogen-bond acceptors (Lipinski definition) is 5. The highest BCUT2D eigenvalue weighted by molar-refractivity contribution is 4.91. The molecule has 2 unspecified atom stereocenters. The fourth-order valence-electron chi connectivity index (χ4n) is 4.13. The maximum absolute atomic E-state index is 5.22. The lowest BCUT2D eigenvalue weighted by atomic mass is 10.0. The number of likely N-dealkylation sites (tertiary alicyclic amines) is 2. The Labute approximate surface area is 191 Å². The topological polar surface area (TPSA) is 50.3 Å². The van der Waals surface area contributed by atoms with Crippen molar-refractivity contribution in [3.63, 3.8) is 0 Å². The first-order valence-electron chi connectivity index (χ1n) is 12.4. The molecule has 6 nitrogen and oxygen atoms in total. The molecule has 2 aliphatic rings. The van der Waals surface area contributed by atoms with E-state index in [-0.39, 0.29) is 0 Å². The van der Waals surface area contributed by atoms with Gasteiger partial charge in [-0.2, -0.15) is 0 Å². The van der Waals surface area contributed by atoms with Crippen molar-refractivity contribution < 1.29 is 4.42 Å². The molecule has 0 amide bonds. The van der Waals surface area contributed by atoms with Gasteiger partial charge in [-0.15, -0.1) is 0 Å². The van der Waals surface area contributed by atoms with Crippen LogP contribution in [0, 0.1) is 11.8 Å². The number of hydrogen-bond donors (Lipinski definition) is 0. The SMILES string of the molecule is CC.CC.CC1CCCN(Cc2nccn2C)C1.CC1CCCN(Cc2ncco2)C1. The Hall–Kier alpha value is -1.66. The van der Waals surface area contributed by atoms with Crippen molar-refractivity contribution in [2.75, 3.05) is 26.2 Å². The van der Waals surface area contributed by atoms with Crippen molar-refractivity contribution in [2.45, 2.75) is 80.3 Å². The van der Waals surface area contributed by atoms with E-state index in [0.717, 1.165) is 30.8 Å². The Balaban J connectivity index is 0.000000268. The summed E-state index contributed by atoms with van der Waals surface area (Å²) in [6.07, 6.45) is 12.6. The molecule has 2 atom stereocenters. The van der Waals surface area contributed by atoms with Gasteiger partial charge in [0.2, 0.25) is 5.89 Å². The molecule has 4 heterocycles. The van der Waals surface area contributed by atoms with Crippen LogP contribution < -0.4 is 0 Å². The van der Waals surface area contributed by atoms with E-state index in [9.17, 15) is 0 Å². The summed E-state index contributed by atoms with van der Waals surface area (Å²) in [6, 6.07) is 0. The Kier molecular flexibility index (Phi) is 14.2. The molecule has 31 heavy (non-hydrogen) atoms. The zero-order valence-electron chi connectivity index (χ0n) is 21.2. The van der Waals surface area contributed by atoms with Crippen LogP contribution in [0.3, 0.4) is 0 Å². The van der Waals surface area contributed by atoms with Crippen LogP contribution >= 0.6 is 0 Å². The first-order chi connectivity index (χ1) is 15.1. The van der Waals surface area contributed by atoms with Crippen LogP contribution in [-0.4, -0.2) is 50.5 Å². The first-order valence-corrected chi connectivity index (χ1v) is 12.4. The number of aryl methyl sites for hydroxylation is 1. The van der Waals surface area contributed by atoms with Gasteiger partial charge < -0.3 is 8.98 Å². The van der Waals surface area contributed by atoms with Gasteiger partial charge in [-0.05, 0) is 50.6 Å². The molecule has 2 fully saturated rings. The molecule has 4 rings (SSSR count). The lowest BCUT2D eigenvalue weighted by Crippen LogP contribution is -2.34. The largest absolute Gasteiger partial charge is 0.448 e. The Morgan fingerprint density at radius 3 is 1.90 bits per heavy atom. The van der Waals surface area contributed by atoms with Crippen LogP contribution in [0.25, 0.3) is 0 Å². The van der Waals surface area contributed by atoms with Gasteiger partial charge in [-0.1, -0.05) is 41.5 Å². The van der Waals surface area contributed by atoms with E-state index >= 15 is 0 Å². The van der Waals surface area contributed by atoms with Crippen LogP contribution in [0.2, 0.25) is 0 Å². The van der Waals surface area contributed by atoms with Gasteiger partial charge in [-0.3, -0.25) is 9.80 Å². The Morgan fingerprint density at radius 1 is 0.871 bits per heavy atom. The van der Waals surface area contributed by atoms with Gasteiger partial charge >= 0.3 is 0 Å². The van der Waals surface area contributed by atoms with Crippen LogP contribution in [-0.2, 0) is 20.1 Å². The summed E-state index contributed by atoms with van der Waals surface area (Å²) in [5.41, 5.74) is 0. The standard InChI is InChI=1S/C11H19N3.C10H16N2O.2C2H6/c1-10-4-3-6-14(8-10)9-11-12-5-7-13(11)2;1-9-3-2-5-12(7-9)8-10-11-4-6-13-10;2*1-2/h5,7,10H,3-4,6,8-9H2,1-2H3;4,6,9H,2-3,5,7-8H2,1H3;2*1-2H3. The molecule has 0 bridgehead atoms. The third-order valence-electron chi connectivity index (χ3n) is 5.61. The zero-order chi connectivity index (χ0) is 23.1. The smallest absolute Gasteiger partial charge is 0.208 e. The highest BCUT2D eigenvalue weighted by Crippen LogP contribution is 2.17. The van der Waals surface area contributed by atoms with E-state index in [0.29, 0.717) is 0 Å². The molecule has 0 aliphatic carbocycles. The number of imidazole rings is 1. The molecule has 0 radical (unpaired) electrons. The number of nitrogens with zero attached hydrogens (tertiary/aromatic N) is 5. The molecule has 2 saturated heterocycles. The van der Waals surface area contributed by atoms with Gasteiger partial charge in [0.1, 0.15) is 12.1 Å². The predicted molar refractivity (Wildman–Crippen MR) is 130 cm³/mol. The molecule has 0 saturated carbocycles. The monoisotopic (exact) mass is 433 g/mol. The minimum Gasteiger partial charge on any atom is -0.448 e. The fourth-order valence-corrected chi connectivity index (χ4v) is 4.13. The number of oxazole rings is 1. The molecular weight excluding hydrogens is 386 g/mol. The average Bonchev–Trinajstić information content (AvgIpc) is 3.44. The van der Waals surface area contributed by atoms with Gasteiger partial charge in [0, 0.05) is 32.5 Å². The molecule has 0 spiro atoms. The van der Waals surface area contributed by atoms with Gasteiger partial charge in [-0.25, -0.2) is 9.97 Å². The van der Waals surface area contributed by atoms with Crippen LogP contribution in [0.5, 0.6) is 0 Å². The highest BCUT2D eigenvalue weighted by Gasteiger charge is 2.18. The lowest BCUT2D eigenvalue weighted by Gasteiger charge is -2.30. The molecular formula is C25H47N5O. The quantitative estimate of drug-likeness (QED) is 0.627. The predicted octanol–water partition coefficient (Wildman–Crippen LogP) is 5.61. The number of aromatic nitrogens is 3. The maximum atomic E-state index is 5.22. The van der Waals surface area contributed by atoms with E-state index in [1.54, 1.807) is 12.5 Å².